The molecule has 26 heavy (non-hydrogen) atoms. The predicted octanol–water partition coefficient (Wildman–Crippen LogP) is 2.40. The van der Waals surface area contributed by atoms with Gasteiger partial charge in [-0.1, -0.05) is 0 Å². The average Bonchev–Trinajstić information content (AvgIpc) is 2.63. The first-order chi connectivity index (χ1) is 12.4. The van der Waals surface area contributed by atoms with Gasteiger partial charge in [0.15, 0.2) is 0 Å². The summed E-state index contributed by atoms with van der Waals surface area (Å²) in [5.41, 5.74) is 0.622. The molecule has 7 nitrogen and oxygen atoms in total. The Kier molecular flexibility index (Phi) is 6.99. The van der Waals surface area contributed by atoms with E-state index < -0.39 is 10.0 Å². The number of carbonyl (C=O) groups is 1. The van der Waals surface area contributed by atoms with Gasteiger partial charge in [0.2, 0.25) is 15.9 Å². The molecule has 0 fully saturated rings. The average molecular weight is 378 g/mol. The van der Waals surface area contributed by atoms with Crippen LogP contribution in [-0.2, 0) is 14.8 Å². The van der Waals surface area contributed by atoms with Gasteiger partial charge in [0.25, 0.3) is 0 Å². The molecule has 8 heteroatoms. The van der Waals surface area contributed by atoms with Gasteiger partial charge in [-0.15, -0.1) is 0 Å². The second kappa shape index (κ2) is 9.21. The molecule has 0 saturated heterocycles. The number of anilines is 1. The maximum absolute atomic E-state index is 12.2. The van der Waals surface area contributed by atoms with Crippen molar-refractivity contribution in [2.75, 3.05) is 25.6 Å². The summed E-state index contributed by atoms with van der Waals surface area (Å²) in [5.74, 6) is 1.00. The highest BCUT2D eigenvalue weighted by molar-refractivity contribution is 7.89. The molecule has 0 aliphatic heterocycles. The maximum Gasteiger partial charge on any atom is 0.240 e. The Balaban J connectivity index is 1.82. The van der Waals surface area contributed by atoms with E-state index in [9.17, 15) is 13.2 Å². The van der Waals surface area contributed by atoms with E-state index in [1.807, 2.05) is 6.92 Å². The summed E-state index contributed by atoms with van der Waals surface area (Å²) < 4.78 is 37.1. The molecule has 0 aliphatic rings. The highest BCUT2D eigenvalue weighted by atomic mass is 32.2. The molecule has 2 aromatic rings. The minimum atomic E-state index is -3.67. The van der Waals surface area contributed by atoms with Crippen molar-refractivity contribution in [3.05, 3.63) is 48.5 Å². The molecule has 0 spiro atoms. The standard InChI is InChI=1S/C18H22N2O5S/c1-3-25-16-6-4-14(5-7-16)20-18(21)12-13-19-26(22,23)17-10-8-15(24-2)9-11-17/h4-11,19H,3,12-13H2,1-2H3,(H,20,21). The Morgan fingerprint density at radius 3 is 2.19 bits per heavy atom. The highest BCUT2D eigenvalue weighted by Crippen LogP contribution is 2.16. The molecule has 140 valence electrons. The van der Waals surface area contributed by atoms with Crippen LogP contribution in [0.15, 0.2) is 53.4 Å². The number of rotatable bonds is 9. The van der Waals surface area contributed by atoms with Crippen LogP contribution in [0.1, 0.15) is 13.3 Å². The molecular weight excluding hydrogens is 356 g/mol. The van der Waals surface area contributed by atoms with Gasteiger partial charge >= 0.3 is 0 Å². The van der Waals surface area contributed by atoms with E-state index >= 15 is 0 Å². The number of hydrogen-bond donors (Lipinski definition) is 2. The molecule has 2 aromatic carbocycles. The van der Waals surface area contributed by atoms with Gasteiger partial charge < -0.3 is 14.8 Å². The Hall–Kier alpha value is -2.58. The normalized spacial score (nSPS) is 11.0. The number of benzene rings is 2. The minimum absolute atomic E-state index is 0.00275. The van der Waals surface area contributed by atoms with Crippen LogP contribution in [0.5, 0.6) is 11.5 Å². The van der Waals surface area contributed by atoms with Gasteiger partial charge in [0.1, 0.15) is 11.5 Å². The zero-order valence-corrected chi connectivity index (χ0v) is 15.5. The molecule has 1 amide bonds. The molecule has 0 aromatic heterocycles. The van der Waals surface area contributed by atoms with Crippen molar-refractivity contribution in [1.29, 1.82) is 0 Å². The third kappa shape index (κ3) is 5.75. The van der Waals surface area contributed by atoms with Crippen LogP contribution in [0.3, 0.4) is 0 Å². The molecule has 0 heterocycles. The van der Waals surface area contributed by atoms with E-state index in [1.54, 1.807) is 36.4 Å². The number of methoxy groups -OCH3 is 1. The zero-order chi connectivity index (χ0) is 19.0. The molecule has 0 radical (unpaired) electrons. The first-order valence-corrected chi connectivity index (χ1v) is 9.59. The minimum Gasteiger partial charge on any atom is -0.497 e. The van der Waals surface area contributed by atoms with Crippen LogP contribution in [-0.4, -0.2) is 34.6 Å². The Morgan fingerprint density at radius 1 is 1.00 bits per heavy atom. The van der Waals surface area contributed by atoms with Crippen molar-refractivity contribution in [3.63, 3.8) is 0 Å². The lowest BCUT2D eigenvalue weighted by atomic mass is 10.3. The molecule has 0 aliphatic carbocycles. The lowest BCUT2D eigenvalue weighted by Gasteiger charge is -2.09. The van der Waals surface area contributed by atoms with Crippen LogP contribution in [0, 0.1) is 0 Å². The molecule has 0 unspecified atom stereocenters. The fourth-order valence-electron chi connectivity index (χ4n) is 2.16. The number of sulfonamides is 1. The van der Waals surface area contributed by atoms with Crippen molar-refractivity contribution in [2.24, 2.45) is 0 Å². The monoisotopic (exact) mass is 378 g/mol. The second-order valence-electron chi connectivity index (χ2n) is 5.33. The second-order valence-corrected chi connectivity index (χ2v) is 7.10. The summed E-state index contributed by atoms with van der Waals surface area (Å²) >= 11 is 0. The quantitative estimate of drug-likeness (QED) is 0.699. The molecule has 0 bridgehead atoms. The van der Waals surface area contributed by atoms with E-state index in [2.05, 4.69) is 10.0 Å². The van der Waals surface area contributed by atoms with Crippen LogP contribution in [0.25, 0.3) is 0 Å². The fraction of sp³-hybridized carbons (Fsp3) is 0.278. The van der Waals surface area contributed by atoms with Crippen LogP contribution in [0.2, 0.25) is 0 Å². The van der Waals surface area contributed by atoms with E-state index in [0.717, 1.165) is 5.75 Å². The van der Waals surface area contributed by atoms with Gasteiger partial charge in [-0.05, 0) is 55.5 Å². The summed E-state index contributed by atoms with van der Waals surface area (Å²) in [6.07, 6.45) is 0.0165. The van der Waals surface area contributed by atoms with Crippen LogP contribution < -0.4 is 19.5 Å². The number of hydrogen-bond acceptors (Lipinski definition) is 5. The Bertz CT molecular complexity index is 818. The molecule has 0 atom stereocenters. The summed E-state index contributed by atoms with van der Waals surface area (Å²) in [7, 11) is -2.16. The van der Waals surface area contributed by atoms with Crippen LogP contribution >= 0.6 is 0 Å². The maximum atomic E-state index is 12.2. The third-order valence-electron chi connectivity index (χ3n) is 3.46. The zero-order valence-electron chi connectivity index (χ0n) is 14.7. The first-order valence-electron chi connectivity index (χ1n) is 8.11. The largest absolute Gasteiger partial charge is 0.497 e. The SMILES string of the molecule is CCOc1ccc(NC(=O)CCNS(=O)(=O)c2ccc(OC)cc2)cc1. The third-order valence-corrected chi connectivity index (χ3v) is 4.94. The topological polar surface area (TPSA) is 93.7 Å². The van der Waals surface area contributed by atoms with E-state index in [1.165, 1.54) is 19.2 Å². The number of nitrogens with one attached hydrogen (secondary N) is 2. The molecule has 0 saturated carbocycles. The Morgan fingerprint density at radius 2 is 1.62 bits per heavy atom. The highest BCUT2D eigenvalue weighted by Gasteiger charge is 2.14. The molecule has 2 rings (SSSR count). The summed E-state index contributed by atoms with van der Waals surface area (Å²) in [4.78, 5) is 12.1. The van der Waals surface area contributed by atoms with Gasteiger partial charge in [0, 0.05) is 18.7 Å². The summed E-state index contributed by atoms with van der Waals surface area (Å²) in [6.45, 7) is 2.46. The Labute approximate surface area is 153 Å². The number of carbonyl (C=O) groups excluding carboxylic acids is 1. The van der Waals surface area contributed by atoms with Crippen molar-refractivity contribution >= 4 is 21.6 Å². The predicted molar refractivity (Wildman–Crippen MR) is 99.0 cm³/mol. The number of ether oxygens (including phenoxy) is 2. The van der Waals surface area contributed by atoms with Gasteiger partial charge in [-0.25, -0.2) is 13.1 Å². The van der Waals surface area contributed by atoms with E-state index in [0.29, 0.717) is 18.0 Å². The van der Waals surface area contributed by atoms with Gasteiger partial charge in [-0.3, -0.25) is 4.79 Å². The lowest BCUT2D eigenvalue weighted by molar-refractivity contribution is -0.116. The summed E-state index contributed by atoms with van der Waals surface area (Å²) in [6, 6.07) is 13.0. The van der Waals surface area contributed by atoms with Gasteiger partial charge in [0.05, 0.1) is 18.6 Å². The van der Waals surface area contributed by atoms with Crippen molar-refractivity contribution in [1.82, 2.24) is 4.72 Å². The first kappa shape index (κ1) is 19.7. The van der Waals surface area contributed by atoms with Crippen molar-refractivity contribution in [3.8, 4) is 11.5 Å². The smallest absolute Gasteiger partial charge is 0.240 e. The summed E-state index contributed by atoms with van der Waals surface area (Å²) in [5, 5.41) is 2.71. The van der Waals surface area contributed by atoms with Crippen LogP contribution in [0.4, 0.5) is 5.69 Å². The number of amides is 1. The van der Waals surface area contributed by atoms with Gasteiger partial charge in [-0.2, -0.15) is 0 Å². The fourth-order valence-corrected chi connectivity index (χ4v) is 3.19. The van der Waals surface area contributed by atoms with Crippen molar-refractivity contribution < 1.29 is 22.7 Å². The molecular formula is C18H22N2O5S. The van der Waals surface area contributed by atoms with Crippen molar-refractivity contribution in [2.45, 2.75) is 18.2 Å². The van der Waals surface area contributed by atoms with E-state index in [4.69, 9.17) is 9.47 Å². The molecule has 2 N–H and O–H groups in total. The van der Waals surface area contributed by atoms with E-state index in [-0.39, 0.29) is 23.8 Å². The lowest BCUT2D eigenvalue weighted by Crippen LogP contribution is -2.27.